The van der Waals surface area contributed by atoms with Crippen LogP contribution >= 0.6 is 0 Å². The van der Waals surface area contributed by atoms with E-state index in [1.807, 2.05) is 0 Å². The number of nitrogens with zero attached hydrogens (tertiary/aromatic N) is 1. The SMILES string of the molecule is C[C@H]1CN(O)C(c2cc(F)ccc2F)CO1. The summed E-state index contributed by atoms with van der Waals surface area (Å²) >= 11 is 0. The Kier molecular flexibility index (Phi) is 3.18. The molecule has 5 heteroatoms. The minimum absolute atomic E-state index is 0.113. The normalized spacial score (nSPS) is 27.0. The van der Waals surface area contributed by atoms with E-state index in [4.69, 9.17) is 4.74 Å². The van der Waals surface area contributed by atoms with E-state index in [0.717, 1.165) is 23.3 Å². The third kappa shape index (κ3) is 2.21. The molecular formula is C11H13F2NO2. The third-order valence-corrected chi connectivity index (χ3v) is 2.66. The Morgan fingerprint density at radius 1 is 1.44 bits per heavy atom. The van der Waals surface area contributed by atoms with Crippen molar-refractivity contribution >= 4 is 0 Å². The Morgan fingerprint density at radius 2 is 2.19 bits per heavy atom. The molecule has 0 amide bonds. The lowest BCUT2D eigenvalue weighted by Crippen LogP contribution is -2.41. The first-order valence-electron chi connectivity index (χ1n) is 5.10. The fraction of sp³-hybridized carbons (Fsp3) is 0.455. The molecule has 1 saturated heterocycles. The summed E-state index contributed by atoms with van der Waals surface area (Å²) in [6, 6.07) is 2.54. The molecule has 0 saturated carbocycles. The highest BCUT2D eigenvalue weighted by Gasteiger charge is 2.29. The van der Waals surface area contributed by atoms with Gasteiger partial charge in [-0.15, -0.1) is 0 Å². The average molecular weight is 229 g/mol. The first kappa shape index (κ1) is 11.4. The van der Waals surface area contributed by atoms with E-state index in [2.05, 4.69) is 0 Å². The highest BCUT2D eigenvalue weighted by Crippen LogP contribution is 2.27. The van der Waals surface area contributed by atoms with E-state index >= 15 is 0 Å². The summed E-state index contributed by atoms with van der Waals surface area (Å²) in [6.45, 7) is 2.24. The van der Waals surface area contributed by atoms with Crippen LogP contribution in [0, 0.1) is 11.6 Å². The Labute approximate surface area is 92.2 Å². The quantitative estimate of drug-likeness (QED) is 0.800. The van der Waals surface area contributed by atoms with Crippen molar-refractivity contribution in [3.05, 3.63) is 35.4 Å². The number of halogens is 2. The molecule has 3 nitrogen and oxygen atoms in total. The first-order chi connectivity index (χ1) is 7.58. The van der Waals surface area contributed by atoms with Crippen LogP contribution in [0.5, 0.6) is 0 Å². The molecule has 1 aromatic carbocycles. The van der Waals surface area contributed by atoms with Crippen molar-refractivity contribution in [2.24, 2.45) is 0 Å². The van der Waals surface area contributed by atoms with Gasteiger partial charge in [-0.2, -0.15) is 5.06 Å². The minimum atomic E-state index is -0.646. The van der Waals surface area contributed by atoms with Crippen LogP contribution in [0.2, 0.25) is 0 Å². The van der Waals surface area contributed by atoms with Gasteiger partial charge in [0.05, 0.1) is 25.3 Å². The Hall–Kier alpha value is -1.04. The molecule has 1 fully saturated rings. The maximum atomic E-state index is 13.5. The summed E-state index contributed by atoms with van der Waals surface area (Å²) in [4.78, 5) is 0. The lowest BCUT2D eigenvalue weighted by molar-refractivity contribution is -0.203. The summed E-state index contributed by atoms with van der Waals surface area (Å²) in [5.41, 5.74) is 0.120. The molecule has 0 bridgehead atoms. The highest BCUT2D eigenvalue weighted by molar-refractivity contribution is 5.22. The molecule has 0 aliphatic carbocycles. The van der Waals surface area contributed by atoms with Crippen LogP contribution in [0.15, 0.2) is 18.2 Å². The van der Waals surface area contributed by atoms with Crippen molar-refractivity contribution in [3.63, 3.8) is 0 Å². The van der Waals surface area contributed by atoms with Gasteiger partial charge in [-0.1, -0.05) is 0 Å². The second kappa shape index (κ2) is 4.45. The second-order valence-electron chi connectivity index (χ2n) is 3.95. The van der Waals surface area contributed by atoms with Crippen LogP contribution in [0.3, 0.4) is 0 Å². The van der Waals surface area contributed by atoms with Crippen molar-refractivity contribution in [3.8, 4) is 0 Å². The summed E-state index contributed by atoms with van der Waals surface area (Å²) in [6.07, 6.45) is -0.113. The molecule has 88 valence electrons. The molecule has 2 rings (SSSR count). The summed E-state index contributed by atoms with van der Waals surface area (Å²) in [5.74, 6) is -1.06. The van der Waals surface area contributed by atoms with Gasteiger partial charge in [0.25, 0.3) is 0 Å². The Balaban J connectivity index is 2.26. The van der Waals surface area contributed by atoms with Crippen molar-refractivity contribution < 1.29 is 18.7 Å². The standard InChI is InChI=1S/C11H13F2NO2/c1-7-5-14(15)11(6-16-7)9-4-8(12)2-3-10(9)13/h2-4,7,11,15H,5-6H2,1H3/t7-,11?/m0/s1. The molecule has 0 aromatic heterocycles. The number of hydrogen-bond acceptors (Lipinski definition) is 3. The fourth-order valence-corrected chi connectivity index (χ4v) is 1.81. The van der Waals surface area contributed by atoms with Crippen LogP contribution in [-0.4, -0.2) is 29.5 Å². The van der Waals surface area contributed by atoms with Crippen LogP contribution in [-0.2, 0) is 4.74 Å². The molecule has 1 unspecified atom stereocenters. The van der Waals surface area contributed by atoms with E-state index < -0.39 is 17.7 Å². The van der Waals surface area contributed by atoms with Crippen LogP contribution in [0.25, 0.3) is 0 Å². The molecule has 1 aromatic rings. The molecule has 2 atom stereocenters. The largest absolute Gasteiger partial charge is 0.375 e. The van der Waals surface area contributed by atoms with Gasteiger partial charge in [0.2, 0.25) is 0 Å². The number of ether oxygens (including phenoxy) is 1. The molecular weight excluding hydrogens is 216 g/mol. The molecule has 16 heavy (non-hydrogen) atoms. The molecule has 0 spiro atoms. The number of benzene rings is 1. The number of rotatable bonds is 1. The van der Waals surface area contributed by atoms with E-state index in [0.29, 0.717) is 0 Å². The molecule has 1 N–H and O–H groups in total. The lowest BCUT2D eigenvalue weighted by atomic mass is 10.0. The summed E-state index contributed by atoms with van der Waals surface area (Å²) < 4.78 is 31.8. The monoisotopic (exact) mass is 229 g/mol. The van der Waals surface area contributed by atoms with Gasteiger partial charge in [0.15, 0.2) is 0 Å². The highest BCUT2D eigenvalue weighted by atomic mass is 19.1. The molecule has 1 aliphatic rings. The predicted molar refractivity (Wildman–Crippen MR) is 53.0 cm³/mol. The maximum Gasteiger partial charge on any atom is 0.128 e. The number of hydrogen-bond donors (Lipinski definition) is 1. The van der Waals surface area contributed by atoms with Crippen molar-refractivity contribution in [2.45, 2.75) is 19.1 Å². The van der Waals surface area contributed by atoms with Crippen LogP contribution < -0.4 is 0 Å². The van der Waals surface area contributed by atoms with Gasteiger partial charge in [-0.3, -0.25) is 0 Å². The van der Waals surface area contributed by atoms with Gasteiger partial charge < -0.3 is 9.94 Å². The summed E-state index contributed by atoms with van der Waals surface area (Å²) in [5, 5.41) is 10.7. The molecule has 1 aliphatic heterocycles. The Morgan fingerprint density at radius 3 is 2.88 bits per heavy atom. The molecule has 0 radical (unpaired) electrons. The zero-order valence-corrected chi connectivity index (χ0v) is 8.86. The van der Waals surface area contributed by atoms with E-state index in [9.17, 15) is 14.0 Å². The Bertz CT molecular complexity index is 386. The van der Waals surface area contributed by atoms with E-state index in [1.54, 1.807) is 6.92 Å². The minimum Gasteiger partial charge on any atom is -0.375 e. The zero-order chi connectivity index (χ0) is 11.7. The number of hydroxylamine groups is 2. The van der Waals surface area contributed by atoms with Crippen LogP contribution in [0.1, 0.15) is 18.5 Å². The van der Waals surface area contributed by atoms with Gasteiger partial charge >= 0.3 is 0 Å². The van der Waals surface area contributed by atoms with Gasteiger partial charge in [0, 0.05) is 5.56 Å². The second-order valence-corrected chi connectivity index (χ2v) is 3.95. The van der Waals surface area contributed by atoms with Gasteiger partial charge in [0.1, 0.15) is 11.6 Å². The van der Waals surface area contributed by atoms with Gasteiger partial charge in [-0.05, 0) is 25.1 Å². The fourth-order valence-electron chi connectivity index (χ4n) is 1.81. The average Bonchev–Trinajstić information content (AvgIpc) is 2.22. The zero-order valence-electron chi connectivity index (χ0n) is 8.86. The maximum absolute atomic E-state index is 13.5. The topological polar surface area (TPSA) is 32.7 Å². The smallest absolute Gasteiger partial charge is 0.128 e. The van der Waals surface area contributed by atoms with Crippen molar-refractivity contribution in [2.75, 3.05) is 13.2 Å². The van der Waals surface area contributed by atoms with Crippen molar-refractivity contribution in [1.29, 1.82) is 0 Å². The van der Waals surface area contributed by atoms with E-state index in [-0.39, 0.29) is 24.8 Å². The van der Waals surface area contributed by atoms with E-state index in [1.165, 1.54) is 0 Å². The third-order valence-electron chi connectivity index (χ3n) is 2.66. The summed E-state index contributed by atoms with van der Waals surface area (Å²) in [7, 11) is 0. The van der Waals surface area contributed by atoms with Crippen LogP contribution in [0.4, 0.5) is 8.78 Å². The van der Waals surface area contributed by atoms with Crippen molar-refractivity contribution in [1.82, 2.24) is 5.06 Å². The lowest BCUT2D eigenvalue weighted by Gasteiger charge is -2.34. The predicted octanol–water partition coefficient (Wildman–Crippen LogP) is 2.12. The number of morpholine rings is 1. The van der Waals surface area contributed by atoms with Gasteiger partial charge in [-0.25, -0.2) is 8.78 Å². The molecule has 1 heterocycles. The first-order valence-corrected chi connectivity index (χ1v) is 5.10.